The van der Waals surface area contributed by atoms with Crippen LogP contribution in [-0.2, 0) is 18.3 Å². The molecule has 0 saturated carbocycles. The lowest BCUT2D eigenvalue weighted by molar-refractivity contribution is -0.123. The molecule has 172 valence electrons. The molecule has 1 aromatic carbocycles. The van der Waals surface area contributed by atoms with Crippen LogP contribution in [0.1, 0.15) is 43.8 Å². The average molecular weight is 458 g/mol. The number of aryl methyl sites for hydroxylation is 1. The van der Waals surface area contributed by atoms with Gasteiger partial charge in [-0.2, -0.15) is 10.4 Å². The zero-order valence-electron chi connectivity index (χ0n) is 19.3. The monoisotopic (exact) mass is 458 g/mol. The van der Waals surface area contributed by atoms with Gasteiger partial charge in [-0.3, -0.25) is 14.4 Å². The third-order valence-electron chi connectivity index (χ3n) is 6.29. The van der Waals surface area contributed by atoms with Crippen LogP contribution in [0.3, 0.4) is 0 Å². The van der Waals surface area contributed by atoms with Gasteiger partial charge in [0.2, 0.25) is 5.91 Å². The van der Waals surface area contributed by atoms with E-state index in [2.05, 4.69) is 16.2 Å². The van der Waals surface area contributed by atoms with Gasteiger partial charge >= 0.3 is 0 Å². The maximum absolute atomic E-state index is 14.3. The van der Waals surface area contributed by atoms with Crippen molar-refractivity contribution >= 4 is 17.4 Å². The van der Waals surface area contributed by atoms with Crippen LogP contribution in [0.5, 0.6) is 5.75 Å². The smallest absolute Gasteiger partial charge is 0.240 e. The van der Waals surface area contributed by atoms with Crippen molar-refractivity contribution in [3.63, 3.8) is 0 Å². The highest BCUT2D eigenvalue weighted by molar-refractivity contribution is 6.05. The number of rotatable bonds is 0. The molecule has 34 heavy (non-hydrogen) atoms. The predicted molar refractivity (Wildman–Crippen MR) is 124 cm³/mol. The minimum absolute atomic E-state index is 0.141. The third kappa shape index (κ3) is 3.22. The molecular formula is C25H23FN6O2. The predicted octanol–water partition coefficient (Wildman–Crippen LogP) is 4.03. The van der Waals surface area contributed by atoms with Crippen LogP contribution < -0.4 is 15.4 Å². The second-order valence-electron chi connectivity index (χ2n) is 9.15. The molecule has 4 heterocycles. The number of allylic oxidation sites excluding steroid dienone is 1. The van der Waals surface area contributed by atoms with E-state index in [1.165, 1.54) is 16.8 Å². The molecule has 2 N–H and O–H groups in total. The number of hydrogen-bond donors (Lipinski definition) is 1. The van der Waals surface area contributed by atoms with Crippen molar-refractivity contribution in [1.82, 2.24) is 14.8 Å². The van der Waals surface area contributed by atoms with Gasteiger partial charge in [0.25, 0.3) is 0 Å². The number of carbonyl (C=O) groups is 1. The van der Waals surface area contributed by atoms with E-state index in [9.17, 15) is 14.4 Å². The number of aromatic nitrogens is 3. The lowest BCUT2D eigenvalue weighted by atomic mass is 9.93. The SMILES string of the molecule is C[C@H]1Oc2cc(cnc2N)-c2c(nn(C)c2C#N)CC2=CC(C)(C)C(=O)N2c2ccc(F)cc21. The fourth-order valence-electron chi connectivity index (χ4n) is 4.66. The minimum Gasteiger partial charge on any atom is -0.482 e. The number of anilines is 2. The van der Waals surface area contributed by atoms with Gasteiger partial charge in [-0.1, -0.05) is 0 Å². The maximum Gasteiger partial charge on any atom is 0.240 e. The van der Waals surface area contributed by atoms with Crippen LogP contribution >= 0.6 is 0 Å². The Morgan fingerprint density at radius 3 is 2.82 bits per heavy atom. The molecule has 0 aliphatic carbocycles. The minimum atomic E-state index is -0.776. The summed E-state index contributed by atoms with van der Waals surface area (Å²) in [6.07, 6.45) is 3.11. The van der Waals surface area contributed by atoms with Crippen molar-refractivity contribution in [3.05, 3.63) is 65.0 Å². The zero-order valence-corrected chi connectivity index (χ0v) is 19.3. The lowest BCUT2D eigenvalue weighted by Gasteiger charge is -2.28. The van der Waals surface area contributed by atoms with Gasteiger partial charge in [0, 0.05) is 42.1 Å². The first-order valence-corrected chi connectivity index (χ1v) is 10.8. The summed E-state index contributed by atoms with van der Waals surface area (Å²) >= 11 is 0. The summed E-state index contributed by atoms with van der Waals surface area (Å²) in [4.78, 5) is 19.4. The molecule has 1 amide bonds. The topological polar surface area (TPSA) is 110 Å². The highest BCUT2D eigenvalue weighted by Gasteiger charge is 2.41. The summed E-state index contributed by atoms with van der Waals surface area (Å²) in [6, 6.07) is 8.21. The van der Waals surface area contributed by atoms with Crippen LogP contribution in [0.25, 0.3) is 11.1 Å². The molecule has 9 heteroatoms. The van der Waals surface area contributed by atoms with Crippen LogP contribution in [0, 0.1) is 22.6 Å². The molecule has 0 fully saturated rings. The summed E-state index contributed by atoms with van der Waals surface area (Å²) in [6.45, 7) is 5.44. The number of benzene rings is 1. The van der Waals surface area contributed by atoms with Crippen molar-refractivity contribution in [2.75, 3.05) is 10.6 Å². The number of amides is 1. The number of nitrogens with zero attached hydrogens (tertiary/aromatic N) is 5. The zero-order chi connectivity index (χ0) is 24.4. The van der Waals surface area contributed by atoms with Crippen LogP contribution in [-0.4, -0.2) is 20.7 Å². The van der Waals surface area contributed by atoms with E-state index in [1.54, 1.807) is 37.2 Å². The van der Waals surface area contributed by atoms with Crippen LogP contribution in [0.4, 0.5) is 15.9 Å². The van der Waals surface area contributed by atoms with Crippen molar-refractivity contribution in [3.8, 4) is 22.9 Å². The van der Waals surface area contributed by atoms with Gasteiger partial charge in [-0.15, -0.1) is 0 Å². The first-order chi connectivity index (χ1) is 16.1. The van der Waals surface area contributed by atoms with Crippen molar-refractivity contribution in [1.29, 1.82) is 5.26 Å². The van der Waals surface area contributed by atoms with Crippen LogP contribution in [0.15, 0.2) is 42.2 Å². The second kappa shape index (κ2) is 7.42. The molecule has 1 atom stereocenters. The summed E-state index contributed by atoms with van der Waals surface area (Å²) in [7, 11) is 1.70. The number of fused-ring (bicyclic) bond motifs is 7. The second-order valence-corrected chi connectivity index (χ2v) is 9.15. The van der Waals surface area contributed by atoms with Gasteiger partial charge < -0.3 is 10.5 Å². The Kier molecular flexibility index (Phi) is 4.72. The van der Waals surface area contributed by atoms with Gasteiger partial charge in [-0.05, 0) is 51.1 Å². The van der Waals surface area contributed by atoms with E-state index >= 15 is 0 Å². The molecule has 0 saturated heterocycles. The Bertz CT molecular complexity index is 1430. The van der Waals surface area contributed by atoms with Gasteiger partial charge in [0.15, 0.2) is 11.6 Å². The number of nitrogens with two attached hydrogens (primary N) is 1. The molecular weight excluding hydrogens is 435 g/mol. The number of pyridine rings is 1. The standard InChI is InChI=1S/C25H23FN6O2/c1-13-17-8-15(26)5-6-19(17)32-16(10-25(2,3)24(32)33)9-18-22(20(11-27)31(4)30-18)14-7-21(34-13)23(28)29-12-14/h5-8,10,12-13H,9H2,1-4H3,(H2,28,29)/t13-/m1/s1. The molecule has 8 nitrogen and oxygen atoms in total. The Hall–Kier alpha value is -4.19. The molecule has 2 aliphatic heterocycles. The summed E-state index contributed by atoms with van der Waals surface area (Å²) in [5.74, 6) is -0.127. The van der Waals surface area contributed by atoms with E-state index < -0.39 is 17.3 Å². The molecule has 0 spiro atoms. The first kappa shape index (κ1) is 21.6. The number of hydrogen-bond acceptors (Lipinski definition) is 6. The first-order valence-electron chi connectivity index (χ1n) is 10.8. The summed E-state index contributed by atoms with van der Waals surface area (Å²) in [5, 5.41) is 14.4. The van der Waals surface area contributed by atoms with E-state index in [1.807, 2.05) is 19.9 Å². The maximum atomic E-state index is 14.3. The highest BCUT2D eigenvalue weighted by Crippen LogP contribution is 2.43. The molecule has 5 rings (SSSR count). The Morgan fingerprint density at radius 2 is 2.09 bits per heavy atom. The highest BCUT2D eigenvalue weighted by atomic mass is 19.1. The van der Waals surface area contributed by atoms with Gasteiger partial charge in [-0.25, -0.2) is 9.37 Å². The Labute approximate surface area is 196 Å². The molecule has 2 aliphatic rings. The summed E-state index contributed by atoms with van der Waals surface area (Å²) in [5.41, 5.74) is 9.23. The fourth-order valence-corrected chi connectivity index (χ4v) is 4.66. The Balaban J connectivity index is 1.82. The fraction of sp³-hybridized carbons (Fsp3) is 0.280. The normalized spacial score (nSPS) is 18.5. The van der Waals surface area contributed by atoms with E-state index in [0.29, 0.717) is 45.2 Å². The van der Waals surface area contributed by atoms with E-state index in [0.717, 1.165) is 0 Å². The number of nitrogen functional groups attached to an aromatic ring is 1. The lowest BCUT2D eigenvalue weighted by Crippen LogP contribution is -2.34. The summed E-state index contributed by atoms with van der Waals surface area (Å²) < 4.78 is 22.0. The van der Waals surface area contributed by atoms with Gasteiger partial charge in [0.1, 0.15) is 23.7 Å². The average Bonchev–Trinajstić information content (AvgIpc) is 3.20. The van der Waals surface area contributed by atoms with Crippen molar-refractivity contribution in [2.24, 2.45) is 12.5 Å². The molecule has 0 radical (unpaired) electrons. The number of nitriles is 1. The number of ether oxygens (including phenoxy) is 1. The van der Waals surface area contributed by atoms with Crippen molar-refractivity contribution in [2.45, 2.75) is 33.3 Å². The Morgan fingerprint density at radius 1 is 1.32 bits per heavy atom. The van der Waals surface area contributed by atoms with Crippen molar-refractivity contribution < 1.29 is 13.9 Å². The van der Waals surface area contributed by atoms with Gasteiger partial charge in [0.05, 0.1) is 16.8 Å². The third-order valence-corrected chi connectivity index (χ3v) is 6.29. The molecule has 0 unspecified atom stereocenters. The largest absolute Gasteiger partial charge is 0.482 e. The van der Waals surface area contributed by atoms with E-state index in [-0.39, 0.29) is 18.1 Å². The van der Waals surface area contributed by atoms with Crippen LogP contribution in [0.2, 0.25) is 0 Å². The van der Waals surface area contributed by atoms with E-state index in [4.69, 9.17) is 10.5 Å². The molecule has 2 aromatic heterocycles. The molecule has 2 bridgehead atoms. The molecule has 3 aromatic rings. The quantitative estimate of drug-likeness (QED) is 0.545. The number of halogens is 1. The number of carbonyl (C=O) groups excluding carboxylic acids is 1.